The van der Waals surface area contributed by atoms with E-state index in [1.54, 1.807) is 24.3 Å². The summed E-state index contributed by atoms with van der Waals surface area (Å²) in [6.45, 7) is 3.47. The molecule has 1 nitrogen and oxygen atoms in total. The van der Waals surface area contributed by atoms with E-state index in [1.807, 2.05) is 0 Å². The van der Waals surface area contributed by atoms with Crippen LogP contribution in [0.1, 0.15) is 11.7 Å². The zero-order chi connectivity index (χ0) is 8.27. The largest absolute Gasteiger partial charge is 0.384 e. The minimum Gasteiger partial charge on any atom is -0.384 e. The Bertz CT molecular complexity index is 257. The van der Waals surface area contributed by atoms with Crippen molar-refractivity contribution in [2.75, 3.05) is 0 Å². The summed E-state index contributed by atoms with van der Waals surface area (Å²) in [7, 11) is 0. The molecular formula is C9H9ClO. The van der Waals surface area contributed by atoms with Crippen molar-refractivity contribution in [3.05, 3.63) is 47.5 Å². The van der Waals surface area contributed by atoms with Crippen LogP contribution in [-0.4, -0.2) is 5.11 Å². The minimum atomic E-state index is -0.617. The van der Waals surface area contributed by atoms with E-state index in [1.165, 1.54) is 6.08 Å². The van der Waals surface area contributed by atoms with Gasteiger partial charge in [-0.3, -0.25) is 0 Å². The molecule has 0 heterocycles. The Morgan fingerprint density at radius 1 is 1.55 bits per heavy atom. The summed E-state index contributed by atoms with van der Waals surface area (Å²) in [5, 5.41) is 9.91. The van der Waals surface area contributed by atoms with Gasteiger partial charge in [-0.2, -0.15) is 0 Å². The van der Waals surface area contributed by atoms with Crippen LogP contribution in [0.2, 0.25) is 5.02 Å². The van der Waals surface area contributed by atoms with Gasteiger partial charge in [0.15, 0.2) is 0 Å². The highest BCUT2D eigenvalue weighted by molar-refractivity contribution is 6.30. The van der Waals surface area contributed by atoms with E-state index in [2.05, 4.69) is 6.58 Å². The molecule has 0 aliphatic heterocycles. The zero-order valence-electron chi connectivity index (χ0n) is 6.00. The van der Waals surface area contributed by atoms with E-state index in [4.69, 9.17) is 11.6 Å². The summed E-state index contributed by atoms with van der Waals surface area (Å²) in [5.41, 5.74) is 0.771. The molecule has 1 atom stereocenters. The summed E-state index contributed by atoms with van der Waals surface area (Å²) >= 11 is 5.70. The summed E-state index contributed by atoms with van der Waals surface area (Å²) in [5.74, 6) is 0. The van der Waals surface area contributed by atoms with Gasteiger partial charge in [0.05, 0.1) is 6.10 Å². The van der Waals surface area contributed by atoms with Crippen LogP contribution in [0.4, 0.5) is 0 Å². The maximum Gasteiger partial charge on any atom is 0.0969 e. The smallest absolute Gasteiger partial charge is 0.0969 e. The molecule has 0 saturated heterocycles. The second-order valence-electron chi connectivity index (χ2n) is 2.24. The van der Waals surface area contributed by atoms with Crippen molar-refractivity contribution in [3.63, 3.8) is 0 Å². The van der Waals surface area contributed by atoms with Crippen molar-refractivity contribution in [3.8, 4) is 0 Å². The lowest BCUT2D eigenvalue weighted by atomic mass is 10.1. The van der Waals surface area contributed by atoms with Crippen LogP contribution in [-0.2, 0) is 0 Å². The highest BCUT2D eigenvalue weighted by Gasteiger charge is 2.01. The first-order chi connectivity index (χ1) is 5.24. The number of halogens is 1. The highest BCUT2D eigenvalue weighted by Crippen LogP contribution is 2.17. The third-order valence-corrected chi connectivity index (χ3v) is 1.65. The molecule has 0 aliphatic carbocycles. The van der Waals surface area contributed by atoms with Crippen molar-refractivity contribution in [2.24, 2.45) is 0 Å². The van der Waals surface area contributed by atoms with E-state index >= 15 is 0 Å². The predicted molar refractivity (Wildman–Crippen MR) is 46.6 cm³/mol. The average molecular weight is 169 g/mol. The lowest BCUT2D eigenvalue weighted by molar-refractivity contribution is 0.229. The molecule has 0 fully saturated rings. The molecular weight excluding hydrogens is 160 g/mol. The zero-order valence-corrected chi connectivity index (χ0v) is 6.75. The van der Waals surface area contributed by atoms with Gasteiger partial charge in [-0.25, -0.2) is 0 Å². The number of aliphatic hydroxyl groups is 1. The molecule has 0 bridgehead atoms. The molecule has 0 radical (unpaired) electrons. The number of hydrogen-bond donors (Lipinski definition) is 1. The third kappa shape index (κ3) is 2.07. The third-order valence-electron chi connectivity index (χ3n) is 1.41. The van der Waals surface area contributed by atoms with Crippen LogP contribution in [0.25, 0.3) is 0 Å². The van der Waals surface area contributed by atoms with Crippen LogP contribution in [0.5, 0.6) is 0 Å². The molecule has 2 heteroatoms. The Labute approximate surface area is 70.9 Å². The summed E-state index contributed by atoms with van der Waals surface area (Å²) in [4.78, 5) is 0. The Kier molecular flexibility index (Phi) is 2.69. The summed E-state index contributed by atoms with van der Waals surface area (Å²) < 4.78 is 0. The van der Waals surface area contributed by atoms with E-state index < -0.39 is 6.10 Å². The van der Waals surface area contributed by atoms with Crippen molar-refractivity contribution in [2.45, 2.75) is 6.10 Å². The summed E-state index contributed by atoms with van der Waals surface area (Å²) in [6, 6.07) is 7.08. The molecule has 0 unspecified atom stereocenters. The molecule has 0 aromatic heterocycles. The molecule has 0 spiro atoms. The standard InChI is InChI=1S/C9H9ClO/c1-2-9(11)7-4-3-5-8(10)6-7/h2-6,9,11H,1H2/t9-/m1/s1. The fourth-order valence-electron chi connectivity index (χ4n) is 0.827. The summed E-state index contributed by atoms with van der Waals surface area (Å²) in [6.07, 6.45) is 0.847. The van der Waals surface area contributed by atoms with Gasteiger partial charge in [-0.15, -0.1) is 6.58 Å². The van der Waals surface area contributed by atoms with Crippen LogP contribution in [0.3, 0.4) is 0 Å². The van der Waals surface area contributed by atoms with E-state index in [-0.39, 0.29) is 0 Å². The molecule has 58 valence electrons. The second-order valence-corrected chi connectivity index (χ2v) is 2.67. The van der Waals surface area contributed by atoms with E-state index in [0.29, 0.717) is 5.02 Å². The van der Waals surface area contributed by atoms with Crippen LogP contribution < -0.4 is 0 Å². The van der Waals surface area contributed by atoms with Crippen LogP contribution in [0.15, 0.2) is 36.9 Å². The topological polar surface area (TPSA) is 20.2 Å². The van der Waals surface area contributed by atoms with Gasteiger partial charge in [0.1, 0.15) is 0 Å². The lowest BCUT2D eigenvalue weighted by Gasteiger charge is -2.04. The normalized spacial score (nSPS) is 12.5. The second kappa shape index (κ2) is 3.56. The molecule has 0 amide bonds. The number of aliphatic hydroxyl groups excluding tert-OH is 1. The minimum absolute atomic E-state index is 0.617. The maximum atomic E-state index is 9.28. The Hall–Kier alpha value is -0.790. The number of benzene rings is 1. The van der Waals surface area contributed by atoms with Gasteiger partial charge in [0, 0.05) is 5.02 Å². The fourth-order valence-corrected chi connectivity index (χ4v) is 1.03. The van der Waals surface area contributed by atoms with Gasteiger partial charge >= 0.3 is 0 Å². The Morgan fingerprint density at radius 3 is 2.82 bits per heavy atom. The average Bonchev–Trinajstić information content (AvgIpc) is 2.03. The first-order valence-electron chi connectivity index (χ1n) is 3.30. The van der Waals surface area contributed by atoms with Crippen molar-refractivity contribution in [1.82, 2.24) is 0 Å². The molecule has 11 heavy (non-hydrogen) atoms. The first-order valence-corrected chi connectivity index (χ1v) is 3.68. The molecule has 1 rings (SSSR count). The molecule has 1 N–H and O–H groups in total. The van der Waals surface area contributed by atoms with Crippen LogP contribution in [0, 0.1) is 0 Å². The monoisotopic (exact) mass is 168 g/mol. The van der Waals surface area contributed by atoms with Gasteiger partial charge < -0.3 is 5.11 Å². The molecule has 0 aliphatic rings. The van der Waals surface area contributed by atoms with Crippen LogP contribution >= 0.6 is 11.6 Å². The first kappa shape index (κ1) is 8.31. The van der Waals surface area contributed by atoms with Crippen molar-refractivity contribution < 1.29 is 5.11 Å². The van der Waals surface area contributed by atoms with E-state index in [0.717, 1.165) is 5.56 Å². The van der Waals surface area contributed by atoms with Gasteiger partial charge in [-0.1, -0.05) is 29.8 Å². The van der Waals surface area contributed by atoms with Crippen molar-refractivity contribution in [1.29, 1.82) is 0 Å². The highest BCUT2D eigenvalue weighted by atomic mass is 35.5. The molecule has 1 aromatic carbocycles. The maximum absolute atomic E-state index is 9.28. The van der Waals surface area contributed by atoms with Gasteiger partial charge in [-0.05, 0) is 17.7 Å². The lowest BCUT2D eigenvalue weighted by Crippen LogP contribution is -1.90. The fraction of sp³-hybridized carbons (Fsp3) is 0.111. The predicted octanol–water partition coefficient (Wildman–Crippen LogP) is 2.56. The Morgan fingerprint density at radius 2 is 2.27 bits per heavy atom. The molecule has 1 aromatic rings. The number of rotatable bonds is 2. The quantitative estimate of drug-likeness (QED) is 0.673. The van der Waals surface area contributed by atoms with Gasteiger partial charge in [0.25, 0.3) is 0 Å². The SMILES string of the molecule is C=C[C@@H](O)c1cccc(Cl)c1. The molecule has 0 saturated carbocycles. The Balaban J connectivity index is 2.95. The van der Waals surface area contributed by atoms with Gasteiger partial charge in [0.2, 0.25) is 0 Å². The number of hydrogen-bond acceptors (Lipinski definition) is 1. The van der Waals surface area contributed by atoms with E-state index in [9.17, 15) is 5.11 Å². The van der Waals surface area contributed by atoms with Crippen molar-refractivity contribution >= 4 is 11.6 Å².